The highest BCUT2D eigenvalue weighted by atomic mass is 16.2. The Kier molecular flexibility index (Phi) is 6.74. The summed E-state index contributed by atoms with van der Waals surface area (Å²) < 4.78 is 1.72. The number of rotatable bonds is 8. The summed E-state index contributed by atoms with van der Waals surface area (Å²) in [7, 11) is 1.85. The second kappa shape index (κ2) is 9.01. The van der Waals surface area contributed by atoms with Crippen molar-refractivity contribution in [1.29, 1.82) is 0 Å². The van der Waals surface area contributed by atoms with Crippen LogP contribution >= 0.6 is 0 Å². The Balaban J connectivity index is 2.03. The molecule has 2 aromatic rings. The topological polar surface area (TPSA) is 76.0 Å². The van der Waals surface area contributed by atoms with Crippen molar-refractivity contribution in [3.63, 3.8) is 0 Å². The minimum atomic E-state index is -0.166. The monoisotopic (exact) mass is 342 g/mol. The Labute approximate surface area is 148 Å². The van der Waals surface area contributed by atoms with Gasteiger partial charge >= 0.3 is 0 Å². The zero-order chi connectivity index (χ0) is 18.2. The number of carbonyl (C=O) groups is 2. The van der Waals surface area contributed by atoms with Gasteiger partial charge in [0.1, 0.15) is 0 Å². The number of nitrogens with zero attached hydrogens (tertiary/aromatic N) is 2. The van der Waals surface area contributed by atoms with Gasteiger partial charge in [0.05, 0.1) is 12.2 Å². The van der Waals surface area contributed by atoms with Crippen LogP contribution in [-0.2, 0) is 11.8 Å². The molecule has 0 unspecified atom stereocenters. The van der Waals surface area contributed by atoms with Crippen molar-refractivity contribution in [2.75, 3.05) is 5.32 Å². The molecule has 1 atom stereocenters. The number of hydrogen-bond acceptors (Lipinski definition) is 3. The zero-order valence-electron chi connectivity index (χ0n) is 15.1. The first-order chi connectivity index (χ1) is 12.0. The van der Waals surface area contributed by atoms with Crippen LogP contribution < -0.4 is 10.6 Å². The highest BCUT2D eigenvalue weighted by molar-refractivity contribution is 5.97. The van der Waals surface area contributed by atoms with E-state index >= 15 is 0 Å². The smallest absolute Gasteiger partial charge is 0.251 e. The predicted octanol–water partition coefficient (Wildman–Crippen LogP) is 3.43. The van der Waals surface area contributed by atoms with Gasteiger partial charge in [-0.3, -0.25) is 14.3 Å². The van der Waals surface area contributed by atoms with E-state index in [2.05, 4.69) is 15.7 Å². The van der Waals surface area contributed by atoms with Gasteiger partial charge in [-0.1, -0.05) is 26.3 Å². The molecule has 1 aromatic heterocycles. The molecule has 1 aromatic carbocycles. The molecule has 0 bridgehead atoms. The lowest BCUT2D eigenvalue weighted by atomic mass is 10.1. The number of benzene rings is 1. The lowest BCUT2D eigenvalue weighted by molar-refractivity contribution is -0.116. The highest BCUT2D eigenvalue weighted by Gasteiger charge is 2.16. The van der Waals surface area contributed by atoms with Crippen molar-refractivity contribution in [2.45, 2.75) is 45.6 Å². The molecule has 1 heterocycles. The van der Waals surface area contributed by atoms with Crippen molar-refractivity contribution >= 4 is 17.5 Å². The largest absolute Gasteiger partial charge is 0.345 e. The van der Waals surface area contributed by atoms with Gasteiger partial charge < -0.3 is 10.6 Å². The third-order valence-electron chi connectivity index (χ3n) is 4.01. The molecule has 25 heavy (non-hydrogen) atoms. The second-order valence-electron chi connectivity index (χ2n) is 6.11. The van der Waals surface area contributed by atoms with Gasteiger partial charge in [-0.05, 0) is 31.0 Å². The lowest BCUT2D eigenvalue weighted by Crippen LogP contribution is -2.28. The van der Waals surface area contributed by atoms with Crippen molar-refractivity contribution < 1.29 is 9.59 Å². The fourth-order valence-corrected chi connectivity index (χ4v) is 2.58. The number of hydrogen-bond donors (Lipinski definition) is 2. The first kappa shape index (κ1) is 18.7. The molecule has 0 fully saturated rings. The molecule has 2 rings (SSSR count). The first-order valence-corrected chi connectivity index (χ1v) is 8.72. The van der Waals surface area contributed by atoms with E-state index < -0.39 is 0 Å². The minimum Gasteiger partial charge on any atom is -0.345 e. The molecule has 2 amide bonds. The predicted molar refractivity (Wildman–Crippen MR) is 98.3 cm³/mol. The average molecular weight is 342 g/mol. The molecule has 0 saturated heterocycles. The summed E-state index contributed by atoms with van der Waals surface area (Å²) in [4.78, 5) is 24.4. The normalized spacial score (nSPS) is 11.8. The van der Waals surface area contributed by atoms with Crippen LogP contribution in [0.5, 0.6) is 0 Å². The number of anilines is 1. The summed E-state index contributed by atoms with van der Waals surface area (Å²) in [5.74, 6) is -0.193. The maximum absolute atomic E-state index is 12.6. The van der Waals surface area contributed by atoms with Crippen molar-refractivity contribution in [1.82, 2.24) is 15.1 Å². The van der Waals surface area contributed by atoms with E-state index in [9.17, 15) is 9.59 Å². The minimum absolute atomic E-state index is 0.0267. The van der Waals surface area contributed by atoms with E-state index in [4.69, 9.17) is 0 Å². The molecule has 0 aliphatic rings. The van der Waals surface area contributed by atoms with E-state index in [1.807, 2.05) is 27.1 Å². The van der Waals surface area contributed by atoms with E-state index in [0.717, 1.165) is 24.8 Å². The van der Waals surface area contributed by atoms with Crippen LogP contribution in [0, 0.1) is 0 Å². The molecular weight excluding hydrogens is 316 g/mol. The number of aromatic nitrogens is 2. The van der Waals surface area contributed by atoms with Crippen molar-refractivity contribution in [2.24, 2.45) is 7.05 Å². The molecular formula is C19H26N4O2. The maximum Gasteiger partial charge on any atom is 0.251 e. The number of unbranched alkanes of at least 4 members (excludes halogenated alkanes) is 1. The molecule has 0 saturated carbocycles. The van der Waals surface area contributed by atoms with Crippen LogP contribution in [0.1, 0.15) is 61.5 Å². The van der Waals surface area contributed by atoms with E-state index in [1.165, 1.54) is 0 Å². The summed E-state index contributed by atoms with van der Waals surface area (Å²) in [5.41, 5.74) is 2.14. The highest BCUT2D eigenvalue weighted by Crippen LogP contribution is 2.17. The van der Waals surface area contributed by atoms with Crippen LogP contribution in [0.25, 0.3) is 0 Å². The number of carbonyl (C=O) groups excluding carboxylic acids is 2. The quantitative estimate of drug-likeness (QED) is 0.771. The Morgan fingerprint density at radius 2 is 2.08 bits per heavy atom. The van der Waals surface area contributed by atoms with Crippen molar-refractivity contribution in [3.05, 3.63) is 47.8 Å². The van der Waals surface area contributed by atoms with E-state index in [1.54, 1.807) is 35.1 Å². The lowest BCUT2D eigenvalue weighted by Gasteiger charge is -2.16. The second-order valence-corrected chi connectivity index (χ2v) is 6.11. The van der Waals surface area contributed by atoms with Crippen LogP contribution in [0.4, 0.5) is 5.69 Å². The summed E-state index contributed by atoms with van der Waals surface area (Å²) in [5, 5.41) is 10.0. The molecule has 0 spiro atoms. The summed E-state index contributed by atoms with van der Waals surface area (Å²) in [6, 6.07) is 6.92. The van der Waals surface area contributed by atoms with Gasteiger partial charge in [0.2, 0.25) is 5.91 Å². The van der Waals surface area contributed by atoms with E-state index in [0.29, 0.717) is 17.7 Å². The van der Waals surface area contributed by atoms with Gasteiger partial charge in [-0.15, -0.1) is 0 Å². The molecule has 134 valence electrons. The average Bonchev–Trinajstić information content (AvgIpc) is 3.04. The molecule has 2 N–H and O–H groups in total. The standard InChI is InChI=1S/C19H26N4O2/c1-4-6-10-18(24)21-16-9-7-8-14(11-16)19(25)22-17(5-2)15-12-20-23(3)13-15/h7-9,11-13,17H,4-6,10H2,1-3H3,(H,21,24)(H,22,25)/t17-/m1/s1. The van der Waals surface area contributed by atoms with Gasteiger partial charge in [0, 0.05) is 36.5 Å². The van der Waals surface area contributed by atoms with Gasteiger partial charge in [-0.25, -0.2) is 0 Å². The first-order valence-electron chi connectivity index (χ1n) is 8.72. The molecule has 0 aliphatic carbocycles. The Hall–Kier alpha value is -2.63. The molecule has 0 aliphatic heterocycles. The zero-order valence-corrected chi connectivity index (χ0v) is 15.1. The molecule has 0 radical (unpaired) electrons. The van der Waals surface area contributed by atoms with Crippen LogP contribution in [0.3, 0.4) is 0 Å². The Morgan fingerprint density at radius 3 is 2.72 bits per heavy atom. The number of amides is 2. The fourth-order valence-electron chi connectivity index (χ4n) is 2.58. The SMILES string of the molecule is CCCCC(=O)Nc1cccc(C(=O)N[C@H](CC)c2cnn(C)c2)c1. The van der Waals surface area contributed by atoms with Crippen LogP contribution in [0.15, 0.2) is 36.7 Å². The summed E-state index contributed by atoms with van der Waals surface area (Å²) >= 11 is 0. The van der Waals surface area contributed by atoms with Crippen LogP contribution in [0.2, 0.25) is 0 Å². The Bertz CT molecular complexity index is 724. The third-order valence-corrected chi connectivity index (χ3v) is 4.01. The third kappa shape index (κ3) is 5.45. The van der Waals surface area contributed by atoms with Crippen molar-refractivity contribution in [3.8, 4) is 0 Å². The summed E-state index contributed by atoms with van der Waals surface area (Å²) in [6.45, 7) is 4.06. The van der Waals surface area contributed by atoms with Crippen LogP contribution in [-0.4, -0.2) is 21.6 Å². The van der Waals surface area contributed by atoms with Gasteiger partial charge in [0.25, 0.3) is 5.91 Å². The van der Waals surface area contributed by atoms with Gasteiger partial charge in [-0.2, -0.15) is 5.10 Å². The molecule has 6 heteroatoms. The van der Waals surface area contributed by atoms with E-state index in [-0.39, 0.29) is 17.9 Å². The number of aryl methyl sites for hydroxylation is 1. The van der Waals surface area contributed by atoms with Gasteiger partial charge in [0.15, 0.2) is 0 Å². The fraction of sp³-hybridized carbons (Fsp3) is 0.421. The number of nitrogens with one attached hydrogen (secondary N) is 2. The molecule has 6 nitrogen and oxygen atoms in total. The Morgan fingerprint density at radius 1 is 1.28 bits per heavy atom. The maximum atomic E-state index is 12.6. The summed E-state index contributed by atoms with van der Waals surface area (Å²) in [6.07, 6.45) is 6.76.